The lowest BCUT2D eigenvalue weighted by Crippen LogP contribution is -2.49. The summed E-state index contributed by atoms with van der Waals surface area (Å²) in [6.45, 7) is -0.318. The maximum atomic E-state index is 13.7. The summed E-state index contributed by atoms with van der Waals surface area (Å²) in [4.78, 5) is 46.3. The smallest absolute Gasteiger partial charge is 0.465 e. The lowest BCUT2D eigenvalue weighted by molar-refractivity contribution is -0.188. The third-order valence-electron chi connectivity index (χ3n) is 5.51. The van der Waals surface area contributed by atoms with Gasteiger partial charge in [0.05, 0.1) is 12.7 Å². The van der Waals surface area contributed by atoms with Crippen LogP contribution in [0.5, 0.6) is 0 Å². The van der Waals surface area contributed by atoms with Crippen LogP contribution in [0.25, 0.3) is 0 Å². The van der Waals surface area contributed by atoms with Crippen molar-refractivity contribution in [1.29, 1.82) is 0 Å². The van der Waals surface area contributed by atoms with E-state index < -0.39 is 36.5 Å². The Morgan fingerprint density at radius 1 is 0.973 bits per heavy atom. The van der Waals surface area contributed by atoms with Crippen LogP contribution in [-0.4, -0.2) is 59.0 Å². The molecule has 0 aliphatic carbocycles. The average Bonchev–Trinajstić information content (AvgIpc) is 2.90. The number of methoxy groups -OCH3 is 1. The first kappa shape index (κ1) is 27.3. The Labute approximate surface area is 211 Å². The number of amides is 2. The molecule has 0 bridgehead atoms. The van der Waals surface area contributed by atoms with E-state index in [-0.39, 0.29) is 24.1 Å². The predicted molar refractivity (Wildman–Crippen MR) is 127 cm³/mol. The van der Waals surface area contributed by atoms with Gasteiger partial charge in [0.25, 0.3) is 0 Å². The van der Waals surface area contributed by atoms with E-state index >= 15 is 0 Å². The number of aromatic nitrogens is 2. The Balaban J connectivity index is 1.96. The molecule has 2 amide bonds. The summed E-state index contributed by atoms with van der Waals surface area (Å²) in [5.41, 5.74) is 1.51. The second kappa shape index (κ2) is 12.6. The summed E-state index contributed by atoms with van der Waals surface area (Å²) in [5, 5.41) is 2.63. The lowest BCUT2D eigenvalue weighted by atomic mass is 10.00. The fourth-order valence-corrected chi connectivity index (χ4v) is 3.71. The number of hydrogen-bond acceptors (Lipinski definition) is 6. The summed E-state index contributed by atoms with van der Waals surface area (Å²) in [5.74, 6) is -3.73. The van der Waals surface area contributed by atoms with Gasteiger partial charge in [-0.3, -0.25) is 19.6 Å². The standard InChI is InChI=1S/C26H25F3N4O4/c1-37-24(35)21-6-2-5-20(16-21)22(23(34)32-14-9-18-7-12-30-13-8-18)33(25(36)26(27,28)29)15-10-19-4-3-11-31-17-19/h2-8,11-13,16-17,22H,9-10,14-15H2,1H3,(H,32,34). The molecule has 11 heteroatoms. The summed E-state index contributed by atoms with van der Waals surface area (Å²) < 4.78 is 45.8. The highest BCUT2D eigenvalue weighted by Crippen LogP contribution is 2.29. The van der Waals surface area contributed by atoms with Gasteiger partial charge >= 0.3 is 18.1 Å². The Bertz CT molecular complexity index is 1210. The zero-order chi connectivity index (χ0) is 26.8. The van der Waals surface area contributed by atoms with Gasteiger partial charge in [-0.1, -0.05) is 18.2 Å². The maximum Gasteiger partial charge on any atom is 0.471 e. The van der Waals surface area contributed by atoms with E-state index in [1.807, 2.05) is 0 Å². The highest BCUT2D eigenvalue weighted by molar-refractivity contribution is 5.93. The van der Waals surface area contributed by atoms with Crippen LogP contribution >= 0.6 is 0 Å². The van der Waals surface area contributed by atoms with E-state index in [2.05, 4.69) is 15.3 Å². The van der Waals surface area contributed by atoms with Gasteiger partial charge in [0.2, 0.25) is 5.91 Å². The SMILES string of the molecule is COC(=O)c1cccc(C(C(=O)NCCc2ccncc2)N(CCc2cccnc2)C(=O)C(F)(F)F)c1. The number of hydrogen-bond donors (Lipinski definition) is 1. The first-order valence-corrected chi connectivity index (χ1v) is 11.3. The van der Waals surface area contributed by atoms with Crippen LogP contribution in [0, 0.1) is 0 Å². The molecule has 1 unspecified atom stereocenters. The Morgan fingerprint density at radius 2 is 1.73 bits per heavy atom. The first-order valence-electron chi connectivity index (χ1n) is 11.3. The molecule has 0 spiro atoms. The molecule has 1 atom stereocenters. The molecule has 3 rings (SSSR count). The molecule has 2 aromatic heterocycles. The van der Waals surface area contributed by atoms with Crippen molar-refractivity contribution >= 4 is 17.8 Å². The van der Waals surface area contributed by atoms with Crippen molar-refractivity contribution < 1.29 is 32.3 Å². The minimum absolute atomic E-state index is 0.0210. The number of carbonyl (C=O) groups excluding carboxylic acids is 3. The summed E-state index contributed by atoms with van der Waals surface area (Å²) in [6.07, 6.45) is 1.34. The van der Waals surface area contributed by atoms with Gasteiger partial charge in [0.1, 0.15) is 6.04 Å². The lowest BCUT2D eigenvalue weighted by Gasteiger charge is -2.32. The molecule has 1 aromatic carbocycles. The van der Waals surface area contributed by atoms with Crippen LogP contribution in [0.4, 0.5) is 13.2 Å². The Hall–Kier alpha value is -4.28. The van der Waals surface area contributed by atoms with Crippen molar-refractivity contribution in [3.05, 3.63) is 95.6 Å². The van der Waals surface area contributed by atoms with Gasteiger partial charge in [-0.25, -0.2) is 4.79 Å². The molecular formula is C26H25F3N4O4. The van der Waals surface area contributed by atoms with Crippen molar-refractivity contribution in [2.45, 2.75) is 25.1 Å². The summed E-state index contributed by atoms with van der Waals surface area (Å²) >= 11 is 0. The van der Waals surface area contributed by atoms with Crippen molar-refractivity contribution in [2.75, 3.05) is 20.2 Å². The topological polar surface area (TPSA) is 101 Å². The Kier molecular flexibility index (Phi) is 9.31. The molecule has 2 heterocycles. The van der Waals surface area contributed by atoms with E-state index in [1.54, 1.807) is 36.7 Å². The van der Waals surface area contributed by atoms with Gasteiger partial charge in [-0.15, -0.1) is 0 Å². The Morgan fingerprint density at radius 3 is 2.38 bits per heavy atom. The predicted octanol–water partition coefficient (Wildman–Crippen LogP) is 3.30. The molecule has 3 aromatic rings. The first-order chi connectivity index (χ1) is 17.7. The number of rotatable bonds is 10. The van der Waals surface area contributed by atoms with Gasteiger partial charge < -0.3 is 15.0 Å². The summed E-state index contributed by atoms with van der Waals surface area (Å²) in [6, 6.07) is 10.6. The third kappa shape index (κ3) is 7.60. The fraction of sp³-hybridized carbons (Fsp3) is 0.269. The van der Waals surface area contributed by atoms with E-state index in [1.165, 1.54) is 36.7 Å². The number of alkyl halides is 3. The number of benzene rings is 1. The average molecular weight is 515 g/mol. The van der Waals surface area contributed by atoms with Crippen molar-refractivity contribution in [3.63, 3.8) is 0 Å². The van der Waals surface area contributed by atoms with Gasteiger partial charge in [-0.2, -0.15) is 13.2 Å². The van der Waals surface area contributed by atoms with Gasteiger partial charge in [-0.05, 0) is 59.9 Å². The fourth-order valence-electron chi connectivity index (χ4n) is 3.71. The molecule has 0 saturated carbocycles. The number of esters is 1. The quantitative estimate of drug-likeness (QED) is 0.417. The van der Waals surface area contributed by atoms with Crippen LogP contribution < -0.4 is 5.32 Å². The van der Waals surface area contributed by atoms with Gasteiger partial charge in [0, 0.05) is 37.9 Å². The molecule has 0 aliphatic heterocycles. The van der Waals surface area contributed by atoms with Crippen LogP contribution in [0.3, 0.4) is 0 Å². The zero-order valence-electron chi connectivity index (χ0n) is 19.9. The van der Waals surface area contributed by atoms with Crippen molar-refractivity contribution in [1.82, 2.24) is 20.2 Å². The molecule has 0 radical (unpaired) electrons. The number of carbonyl (C=O) groups is 3. The largest absolute Gasteiger partial charge is 0.471 e. The molecule has 194 valence electrons. The van der Waals surface area contributed by atoms with Crippen LogP contribution in [-0.2, 0) is 27.2 Å². The van der Waals surface area contributed by atoms with Crippen LogP contribution in [0.1, 0.15) is 33.1 Å². The number of nitrogens with zero attached hydrogens (tertiary/aromatic N) is 3. The van der Waals surface area contributed by atoms with Crippen LogP contribution in [0.15, 0.2) is 73.3 Å². The maximum absolute atomic E-state index is 13.7. The number of halogens is 3. The highest BCUT2D eigenvalue weighted by Gasteiger charge is 2.46. The molecule has 8 nitrogen and oxygen atoms in total. The van der Waals surface area contributed by atoms with Crippen molar-refractivity contribution in [3.8, 4) is 0 Å². The highest BCUT2D eigenvalue weighted by atomic mass is 19.4. The van der Waals surface area contributed by atoms with E-state index in [4.69, 9.17) is 4.74 Å². The summed E-state index contributed by atoms with van der Waals surface area (Å²) in [7, 11) is 1.16. The monoisotopic (exact) mass is 514 g/mol. The third-order valence-corrected chi connectivity index (χ3v) is 5.51. The molecule has 0 fully saturated rings. The van der Waals surface area contributed by atoms with Crippen LogP contribution in [0.2, 0.25) is 0 Å². The van der Waals surface area contributed by atoms with E-state index in [0.29, 0.717) is 16.9 Å². The van der Waals surface area contributed by atoms with Gasteiger partial charge in [0.15, 0.2) is 0 Å². The normalized spacial score (nSPS) is 11.9. The molecule has 37 heavy (non-hydrogen) atoms. The minimum atomic E-state index is -5.23. The molecule has 0 saturated heterocycles. The van der Waals surface area contributed by atoms with E-state index in [0.717, 1.165) is 12.7 Å². The van der Waals surface area contributed by atoms with Crippen molar-refractivity contribution in [2.24, 2.45) is 0 Å². The minimum Gasteiger partial charge on any atom is -0.465 e. The zero-order valence-corrected chi connectivity index (χ0v) is 19.9. The number of nitrogens with one attached hydrogen (secondary N) is 1. The van der Waals surface area contributed by atoms with E-state index in [9.17, 15) is 27.6 Å². The second-order valence-corrected chi connectivity index (χ2v) is 8.02. The molecule has 0 aliphatic rings. The molecule has 1 N–H and O–H groups in total. The second-order valence-electron chi connectivity index (χ2n) is 8.02. The molecular weight excluding hydrogens is 489 g/mol. The number of pyridine rings is 2. The number of ether oxygens (including phenoxy) is 1.